The number of rotatable bonds is 12. The Balaban J connectivity index is 1.71. The Morgan fingerprint density at radius 2 is 1.00 bits per heavy atom. The van der Waals surface area contributed by atoms with E-state index in [1.54, 1.807) is 12.1 Å². The number of ketones is 2. The maximum Gasteiger partial charge on any atom is 0.340 e. The Hall–Kier alpha value is -5.78. The molecular formula is C36H32F2N2O8. The Morgan fingerprint density at radius 3 is 1.38 bits per heavy atom. The largest absolute Gasteiger partial charge is 0.507 e. The summed E-state index contributed by atoms with van der Waals surface area (Å²) in [7, 11) is 0. The minimum absolute atomic E-state index is 0.0250. The van der Waals surface area contributed by atoms with Crippen LogP contribution >= 0.6 is 0 Å². The van der Waals surface area contributed by atoms with Crippen LogP contribution in [0.1, 0.15) is 92.1 Å². The van der Waals surface area contributed by atoms with Crippen LogP contribution in [0.15, 0.2) is 60.7 Å². The molecule has 0 aliphatic heterocycles. The smallest absolute Gasteiger partial charge is 0.340 e. The van der Waals surface area contributed by atoms with Crippen molar-refractivity contribution in [2.75, 3.05) is 23.8 Å². The predicted molar refractivity (Wildman–Crippen MR) is 173 cm³/mol. The highest BCUT2D eigenvalue weighted by molar-refractivity contribution is 6.31. The van der Waals surface area contributed by atoms with Gasteiger partial charge < -0.3 is 30.3 Å². The highest BCUT2D eigenvalue weighted by Gasteiger charge is 2.41. The van der Waals surface area contributed by atoms with Crippen LogP contribution in [0.3, 0.4) is 0 Å². The van der Waals surface area contributed by atoms with Crippen LogP contribution in [0, 0.1) is 11.6 Å². The number of anilines is 4. The van der Waals surface area contributed by atoms with Gasteiger partial charge in [0, 0.05) is 0 Å². The van der Waals surface area contributed by atoms with Gasteiger partial charge in [-0.1, -0.05) is 51.0 Å². The summed E-state index contributed by atoms with van der Waals surface area (Å²) < 4.78 is 44.2. The number of unbranched alkanes of at least 4 members (excludes halogenated alkanes) is 2. The minimum Gasteiger partial charge on any atom is -0.507 e. The van der Waals surface area contributed by atoms with Crippen molar-refractivity contribution in [1.82, 2.24) is 0 Å². The molecule has 0 aromatic heterocycles. The predicted octanol–water partition coefficient (Wildman–Crippen LogP) is 7.55. The lowest BCUT2D eigenvalue weighted by Crippen LogP contribution is -2.26. The van der Waals surface area contributed by atoms with E-state index in [4.69, 9.17) is 9.47 Å². The molecule has 0 saturated carbocycles. The second-order valence-electron chi connectivity index (χ2n) is 11.0. The molecule has 1 aliphatic carbocycles. The van der Waals surface area contributed by atoms with Crippen LogP contribution in [0.5, 0.6) is 11.5 Å². The normalized spacial score (nSPS) is 11.8. The molecule has 4 aromatic rings. The third-order valence-corrected chi connectivity index (χ3v) is 7.72. The van der Waals surface area contributed by atoms with Gasteiger partial charge in [0.15, 0.2) is 11.6 Å². The molecule has 0 radical (unpaired) electrons. The first kappa shape index (κ1) is 33.6. The van der Waals surface area contributed by atoms with Gasteiger partial charge in [-0.15, -0.1) is 0 Å². The summed E-state index contributed by atoms with van der Waals surface area (Å²) in [5, 5.41) is 26.3. The molecule has 0 heterocycles. The van der Waals surface area contributed by atoms with Gasteiger partial charge in [0.1, 0.15) is 22.9 Å². The topological polar surface area (TPSA) is 151 Å². The van der Waals surface area contributed by atoms with Gasteiger partial charge in [0.05, 0.1) is 58.0 Å². The monoisotopic (exact) mass is 658 g/mol. The molecular weight excluding hydrogens is 626 g/mol. The van der Waals surface area contributed by atoms with E-state index >= 15 is 8.78 Å². The highest BCUT2D eigenvalue weighted by atomic mass is 19.1. The van der Waals surface area contributed by atoms with E-state index in [9.17, 15) is 29.4 Å². The fourth-order valence-corrected chi connectivity index (χ4v) is 5.22. The molecule has 0 amide bonds. The molecule has 248 valence electrons. The fourth-order valence-electron chi connectivity index (χ4n) is 5.22. The zero-order chi connectivity index (χ0) is 34.5. The van der Waals surface area contributed by atoms with E-state index < -0.39 is 80.3 Å². The zero-order valence-corrected chi connectivity index (χ0v) is 26.1. The van der Waals surface area contributed by atoms with Gasteiger partial charge in [-0.2, -0.15) is 0 Å². The number of ether oxygens (including phenoxy) is 2. The average molecular weight is 659 g/mol. The lowest BCUT2D eigenvalue weighted by molar-refractivity contribution is 0.0491. The summed E-state index contributed by atoms with van der Waals surface area (Å²) in [6, 6.07) is 13.7. The van der Waals surface area contributed by atoms with Crippen LogP contribution in [-0.4, -0.2) is 46.9 Å². The van der Waals surface area contributed by atoms with E-state index in [0.29, 0.717) is 12.8 Å². The maximum atomic E-state index is 16.8. The Bertz CT molecular complexity index is 1800. The Morgan fingerprint density at radius 1 is 0.625 bits per heavy atom. The van der Waals surface area contributed by atoms with Crippen molar-refractivity contribution in [2.24, 2.45) is 0 Å². The molecule has 0 spiro atoms. The van der Waals surface area contributed by atoms with Gasteiger partial charge in [0.2, 0.25) is 11.6 Å². The van der Waals surface area contributed by atoms with Gasteiger partial charge in [-0.25, -0.2) is 18.4 Å². The number of carbonyl (C=O) groups excluding carboxylic acids is 4. The Labute approximate surface area is 274 Å². The SMILES string of the molecule is CCCCOC(=O)c1ccccc1Nc1c(F)c2c(c(F)c1Nc1ccccc1C(=O)OCCCC)C(=O)c1c(O)ccc(O)c1C2=O. The lowest BCUT2D eigenvalue weighted by Gasteiger charge is -2.25. The lowest BCUT2D eigenvalue weighted by atomic mass is 9.81. The third kappa shape index (κ3) is 6.28. The summed E-state index contributed by atoms with van der Waals surface area (Å²) in [6.45, 7) is 4.07. The van der Waals surface area contributed by atoms with Gasteiger partial charge >= 0.3 is 11.9 Å². The van der Waals surface area contributed by atoms with Gasteiger partial charge in [-0.3, -0.25) is 9.59 Å². The number of esters is 2. The first-order chi connectivity index (χ1) is 23.1. The first-order valence-corrected chi connectivity index (χ1v) is 15.4. The second-order valence-corrected chi connectivity index (χ2v) is 11.0. The number of nitrogens with one attached hydrogen (secondary N) is 2. The fraction of sp³-hybridized carbons (Fsp3) is 0.222. The molecule has 1 aliphatic rings. The van der Waals surface area contributed by atoms with E-state index in [2.05, 4.69) is 10.6 Å². The molecule has 5 rings (SSSR count). The van der Waals surface area contributed by atoms with Crippen LogP contribution < -0.4 is 10.6 Å². The molecule has 0 bridgehead atoms. The molecule has 12 heteroatoms. The van der Waals surface area contributed by atoms with Crippen molar-refractivity contribution >= 4 is 46.3 Å². The quantitative estimate of drug-likeness (QED) is 0.0601. The molecule has 0 unspecified atom stereocenters. The van der Waals surface area contributed by atoms with E-state index in [0.717, 1.165) is 25.0 Å². The highest BCUT2D eigenvalue weighted by Crippen LogP contribution is 2.45. The summed E-state index contributed by atoms with van der Waals surface area (Å²) >= 11 is 0. The summed E-state index contributed by atoms with van der Waals surface area (Å²) in [6.07, 6.45) is 2.72. The minimum atomic E-state index is -1.40. The number of aromatic hydroxyl groups is 2. The number of fused-ring (bicyclic) bond motifs is 2. The van der Waals surface area contributed by atoms with E-state index in [1.165, 1.54) is 36.4 Å². The van der Waals surface area contributed by atoms with E-state index in [1.807, 2.05) is 13.8 Å². The number of hydrogen-bond donors (Lipinski definition) is 4. The first-order valence-electron chi connectivity index (χ1n) is 15.4. The number of halogens is 2. The van der Waals surface area contributed by atoms with Crippen LogP contribution in [0.25, 0.3) is 0 Å². The molecule has 4 N–H and O–H groups in total. The molecule has 0 atom stereocenters. The van der Waals surface area contributed by atoms with E-state index in [-0.39, 0.29) is 35.7 Å². The van der Waals surface area contributed by atoms with Gasteiger partial charge in [0.25, 0.3) is 0 Å². The maximum absolute atomic E-state index is 16.8. The van der Waals surface area contributed by atoms with Gasteiger partial charge in [-0.05, 0) is 49.2 Å². The van der Waals surface area contributed by atoms with Crippen molar-refractivity contribution in [1.29, 1.82) is 0 Å². The third-order valence-electron chi connectivity index (χ3n) is 7.72. The molecule has 0 saturated heterocycles. The summed E-state index contributed by atoms with van der Waals surface area (Å²) in [5.74, 6) is -8.27. The number of carbonyl (C=O) groups is 4. The van der Waals surface area contributed by atoms with Crippen LogP contribution in [0.2, 0.25) is 0 Å². The van der Waals surface area contributed by atoms with Crippen molar-refractivity contribution in [2.45, 2.75) is 39.5 Å². The van der Waals surface area contributed by atoms with Crippen LogP contribution in [-0.2, 0) is 9.47 Å². The number of hydrogen-bond acceptors (Lipinski definition) is 10. The van der Waals surface area contributed by atoms with Crippen molar-refractivity contribution < 1.29 is 47.6 Å². The second kappa shape index (κ2) is 14.3. The number of phenols is 2. The van der Waals surface area contributed by atoms with Crippen molar-refractivity contribution in [3.63, 3.8) is 0 Å². The summed E-state index contributed by atoms with van der Waals surface area (Å²) in [4.78, 5) is 53.2. The number of phenolic OH excluding ortho intramolecular Hbond substituents is 2. The average Bonchev–Trinajstić information content (AvgIpc) is 3.08. The zero-order valence-electron chi connectivity index (χ0n) is 26.1. The molecule has 0 fully saturated rings. The Kier molecular flexibility index (Phi) is 10.0. The molecule has 48 heavy (non-hydrogen) atoms. The molecule has 4 aromatic carbocycles. The standard InChI is InChI=1S/C36H32F2N2O8/c1-3-5-17-47-35(45)19-11-7-9-13-21(19)39-31-29(37)27-28(34(44)26-24(42)16-15-23(41)25(26)33(27)43)30(38)32(31)40-22-14-10-8-12-20(22)36(46)48-18-6-4-2/h7-16,39-42H,3-6,17-18H2,1-2H3. The summed E-state index contributed by atoms with van der Waals surface area (Å²) in [5.41, 5.74) is -4.92. The molecule has 10 nitrogen and oxygen atoms in total. The van der Waals surface area contributed by atoms with Crippen molar-refractivity contribution in [3.8, 4) is 11.5 Å². The number of para-hydroxylation sites is 2. The van der Waals surface area contributed by atoms with Crippen LogP contribution in [0.4, 0.5) is 31.5 Å². The number of benzene rings is 4. The van der Waals surface area contributed by atoms with Crippen molar-refractivity contribution in [3.05, 3.63) is 106 Å².